The van der Waals surface area contributed by atoms with E-state index in [1.165, 1.54) is 36.9 Å². The summed E-state index contributed by atoms with van der Waals surface area (Å²) in [4.78, 5) is 2.40. The Morgan fingerprint density at radius 1 is 1.11 bits per heavy atom. The molecule has 0 radical (unpaired) electrons. The molecule has 1 aromatic carbocycles. The molecule has 0 aliphatic heterocycles. The van der Waals surface area contributed by atoms with Gasteiger partial charge in [0, 0.05) is 19.3 Å². The van der Waals surface area contributed by atoms with Crippen LogP contribution in [0.5, 0.6) is 0 Å². The van der Waals surface area contributed by atoms with Gasteiger partial charge in [-0.15, -0.1) is 0 Å². The van der Waals surface area contributed by atoms with Gasteiger partial charge in [-0.1, -0.05) is 31.9 Å². The molecule has 19 heavy (non-hydrogen) atoms. The van der Waals surface area contributed by atoms with Crippen LogP contribution in [0.1, 0.15) is 38.2 Å². The van der Waals surface area contributed by atoms with Gasteiger partial charge in [0.1, 0.15) is 0 Å². The summed E-state index contributed by atoms with van der Waals surface area (Å²) < 4.78 is 0. The summed E-state index contributed by atoms with van der Waals surface area (Å²) in [5, 5.41) is 0. The van der Waals surface area contributed by atoms with Crippen molar-refractivity contribution in [3.8, 4) is 0 Å². The maximum atomic E-state index is 5.93. The molecule has 106 valence electrons. The average Bonchev–Trinajstić information content (AvgIpc) is 2.48. The molecule has 2 heteroatoms. The van der Waals surface area contributed by atoms with Crippen LogP contribution in [0.4, 0.5) is 5.69 Å². The normalized spacial score (nSPS) is 23.3. The molecule has 0 saturated heterocycles. The first kappa shape index (κ1) is 14.4. The van der Waals surface area contributed by atoms with Gasteiger partial charge < -0.3 is 10.6 Å². The van der Waals surface area contributed by atoms with Crippen LogP contribution in [-0.4, -0.2) is 20.1 Å². The monoisotopic (exact) mass is 260 g/mol. The lowest BCUT2D eigenvalue weighted by molar-refractivity contribution is 0.248. The summed E-state index contributed by atoms with van der Waals surface area (Å²) in [7, 11) is 2.21. The van der Waals surface area contributed by atoms with Gasteiger partial charge in [-0.2, -0.15) is 0 Å². The first-order valence-corrected chi connectivity index (χ1v) is 7.74. The van der Waals surface area contributed by atoms with E-state index in [0.717, 1.165) is 31.3 Å². The highest BCUT2D eigenvalue weighted by Crippen LogP contribution is 2.30. The first-order valence-electron chi connectivity index (χ1n) is 7.74. The average molecular weight is 260 g/mol. The Labute approximate surface area is 118 Å². The lowest BCUT2D eigenvalue weighted by Gasteiger charge is -2.34. The van der Waals surface area contributed by atoms with Crippen LogP contribution in [-0.2, 0) is 6.42 Å². The summed E-state index contributed by atoms with van der Waals surface area (Å²) >= 11 is 0. The molecule has 0 aromatic heterocycles. The second kappa shape index (κ2) is 6.95. The molecule has 2 atom stereocenters. The van der Waals surface area contributed by atoms with Crippen molar-refractivity contribution in [1.82, 2.24) is 0 Å². The number of benzene rings is 1. The molecule has 0 bridgehead atoms. The Bertz CT molecular complexity index is 371. The third kappa shape index (κ3) is 3.73. The van der Waals surface area contributed by atoms with Gasteiger partial charge in [0.15, 0.2) is 0 Å². The Kier molecular flexibility index (Phi) is 5.26. The molecule has 0 amide bonds. The molecule has 1 saturated carbocycles. The molecule has 1 aliphatic carbocycles. The fourth-order valence-corrected chi connectivity index (χ4v) is 3.28. The Morgan fingerprint density at radius 2 is 1.74 bits per heavy atom. The molecule has 1 fully saturated rings. The predicted octanol–water partition coefficient (Wildman–Crippen LogP) is 3.45. The van der Waals surface area contributed by atoms with Crippen molar-refractivity contribution < 1.29 is 0 Å². The fourth-order valence-electron chi connectivity index (χ4n) is 3.28. The Balaban J connectivity index is 1.96. The number of nitrogens with zero attached hydrogens (tertiary/aromatic N) is 1. The zero-order valence-electron chi connectivity index (χ0n) is 12.4. The summed E-state index contributed by atoms with van der Waals surface area (Å²) in [6, 6.07) is 8.98. The van der Waals surface area contributed by atoms with Crippen molar-refractivity contribution in [2.75, 3.05) is 25.0 Å². The van der Waals surface area contributed by atoms with E-state index in [4.69, 9.17) is 5.73 Å². The lowest BCUT2D eigenvalue weighted by Crippen LogP contribution is -2.35. The highest BCUT2D eigenvalue weighted by atomic mass is 15.1. The fraction of sp³-hybridized carbons (Fsp3) is 0.647. The van der Waals surface area contributed by atoms with Gasteiger partial charge in [0.2, 0.25) is 0 Å². The van der Waals surface area contributed by atoms with E-state index in [1.54, 1.807) is 0 Å². The molecular weight excluding hydrogens is 232 g/mol. The zero-order chi connectivity index (χ0) is 13.7. The lowest BCUT2D eigenvalue weighted by atomic mass is 9.79. The van der Waals surface area contributed by atoms with Crippen molar-refractivity contribution >= 4 is 5.69 Å². The molecule has 2 unspecified atom stereocenters. The minimum atomic E-state index is 0.728. The molecule has 1 aromatic rings. The maximum Gasteiger partial charge on any atom is 0.0363 e. The largest absolute Gasteiger partial charge is 0.374 e. The van der Waals surface area contributed by atoms with Crippen LogP contribution in [0.3, 0.4) is 0 Å². The number of anilines is 1. The molecule has 2 rings (SSSR count). The summed E-state index contributed by atoms with van der Waals surface area (Å²) in [6.45, 7) is 4.20. The SMILES string of the molecule is CCc1ccc(N(C)CC2CCCCC2CN)cc1. The van der Waals surface area contributed by atoms with E-state index >= 15 is 0 Å². The van der Waals surface area contributed by atoms with Crippen LogP contribution in [0, 0.1) is 11.8 Å². The van der Waals surface area contributed by atoms with Crippen molar-refractivity contribution in [2.24, 2.45) is 17.6 Å². The standard InChI is InChI=1S/C17H28N2/c1-3-14-8-10-17(11-9-14)19(2)13-16-7-5-4-6-15(16)12-18/h8-11,15-16H,3-7,12-13,18H2,1-2H3. The molecule has 0 spiro atoms. The third-order valence-electron chi connectivity index (χ3n) is 4.66. The number of nitrogens with two attached hydrogens (primary N) is 1. The van der Waals surface area contributed by atoms with Gasteiger partial charge in [0.05, 0.1) is 0 Å². The second-order valence-electron chi connectivity index (χ2n) is 5.94. The van der Waals surface area contributed by atoms with E-state index in [9.17, 15) is 0 Å². The quantitative estimate of drug-likeness (QED) is 0.878. The van der Waals surface area contributed by atoms with Crippen LogP contribution in [0.2, 0.25) is 0 Å². The summed E-state index contributed by atoms with van der Waals surface area (Å²) in [6.07, 6.45) is 6.53. The molecule has 2 N–H and O–H groups in total. The maximum absolute atomic E-state index is 5.93. The van der Waals surface area contributed by atoms with Gasteiger partial charge in [-0.25, -0.2) is 0 Å². The molecule has 2 nitrogen and oxygen atoms in total. The highest BCUT2D eigenvalue weighted by Gasteiger charge is 2.24. The number of aryl methyl sites for hydroxylation is 1. The topological polar surface area (TPSA) is 29.3 Å². The molecule has 0 heterocycles. The van der Waals surface area contributed by atoms with Crippen LogP contribution in [0.15, 0.2) is 24.3 Å². The minimum absolute atomic E-state index is 0.728. The van der Waals surface area contributed by atoms with Crippen molar-refractivity contribution in [1.29, 1.82) is 0 Å². The summed E-state index contributed by atoms with van der Waals surface area (Å²) in [5.41, 5.74) is 8.67. The number of hydrogen-bond acceptors (Lipinski definition) is 2. The van der Waals surface area contributed by atoms with Gasteiger partial charge in [-0.3, -0.25) is 0 Å². The molecule has 1 aliphatic rings. The van der Waals surface area contributed by atoms with Crippen LogP contribution < -0.4 is 10.6 Å². The predicted molar refractivity (Wildman–Crippen MR) is 83.6 cm³/mol. The summed E-state index contributed by atoms with van der Waals surface area (Å²) in [5.74, 6) is 1.50. The van der Waals surface area contributed by atoms with E-state index in [-0.39, 0.29) is 0 Å². The van der Waals surface area contributed by atoms with Crippen molar-refractivity contribution in [2.45, 2.75) is 39.0 Å². The first-order chi connectivity index (χ1) is 9.24. The minimum Gasteiger partial charge on any atom is -0.374 e. The van der Waals surface area contributed by atoms with Gasteiger partial charge in [0.25, 0.3) is 0 Å². The second-order valence-corrected chi connectivity index (χ2v) is 5.94. The van der Waals surface area contributed by atoms with E-state index in [2.05, 4.69) is 43.1 Å². The molecular formula is C17H28N2. The third-order valence-corrected chi connectivity index (χ3v) is 4.66. The van der Waals surface area contributed by atoms with Crippen LogP contribution >= 0.6 is 0 Å². The van der Waals surface area contributed by atoms with Gasteiger partial charge in [-0.05, 0) is 55.3 Å². The van der Waals surface area contributed by atoms with Crippen molar-refractivity contribution in [3.05, 3.63) is 29.8 Å². The van der Waals surface area contributed by atoms with Gasteiger partial charge >= 0.3 is 0 Å². The Hall–Kier alpha value is -1.02. The Morgan fingerprint density at radius 3 is 2.32 bits per heavy atom. The van der Waals surface area contributed by atoms with Crippen LogP contribution in [0.25, 0.3) is 0 Å². The van der Waals surface area contributed by atoms with E-state index in [0.29, 0.717) is 0 Å². The highest BCUT2D eigenvalue weighted by molar-refractivity contribution is 5.46. The van der Waals surface area contributed by atoms with Crippen molar-refractivity contribution in [3.63, 3.8) is 0 Å². The zero-order valence-corrected chi connectivity index (χ0v) is 12.4. The van der Waals surface area contributed by atoms with E-state index in [1.807, 2.05) is 0 Å². The smallest absolute Gasteiger partial charge is 0.0363 e. The van der Waals surface area contributed by atoms with E-state index < -0.39 is 0 Å². The number of hydrogen-bond donors (Lipinski definition) is 1. The number of rotatable bonds is 5.